The lowest BCUT2D eigenvalue weighted by molar-refractivity contribution is 0.588. The first kappa shape index (κ1) is 15.0. The monoisotopic (exact) mass is 368 g/mol. The highest BCUT2D eigenvalue weighted by Gasteiger charge is 2.17. The Balaban J connectivity index is 1.69. The van der Waals surface area contributed by atoms with Gasteiger partial charge in [-0.15, -0.1) is 11.3 Å². The predicted octanol–water partition coefficient (Wildman–Crippen LogP) is 4.54. The van der Waals surface area contributed by atoms with Crippen molar-refractivity contribution in [3.05, 3.63) is 50.4 Å². The molecule has 0 saturated carbocycles. The molecule has 1 aliphatic heterocycles. The van der Waals surface area contributed by atoms with Crippen LogP contribution in [0, 0.1) is 5.82 Å². The van der Waals surface area contributed by atoms with Crippen molar-refractivity contribution in [2.75, 3.05) is 18.0 Å². The molecule has 1 aromatic carbocycles. The van der Waals surface area contributed by atoms with Crippen LogP contribution in [0.2, 0.25) is 0 Å². The smallest absolute Gasteiger partial charge is 0.129 e. The van der Waals surface area contributed by atoms with E-state index in [2.05, 4.69) is 37.6 Å². The van der Waals surface area contributed by atoms with Crippen LogP contribution in [0.3, 0.4) is 0 Å². The van der Waals surface area contributed by atoms with Crippen molar-refractivity contribution in [3.8, 4) is 0 Å². The summed E-state index contributed by atoms with van der Waals surface area (Å²) in [5.41, 5.74) is 1.84. The Morgan fingerprint density at radius 1 is 1.24 bits per heavy atom. The molecule has 2 nitrogen and oxygen atoms in total. The molecule has 1 saturated heterocycles. The third kappa shape index (κ3) is 3.65. The molecule has 3 rings (SSSR count). The summed E-state index contributed by atoms with van der Waals surface area (Å²) in [5, 5.41) is 5.42. The molecule has 0 aliphatic carbocycles. The second-order valence-corrected chi connectivity index (χ2v) is 7.18. The molecule has 0 atom stereocenters. The minimum absolute atomic E-state index is 0.112. The average molecular weight is 369 g/mol. The van der Waals surface area contributed by atoms with Crippen LogP contribution in [0.15, 0.2) is 34.1 Å². The summed E-state index contributed by atoms with van der Waals surface area (Å²) in [6, 6.07) is 7.49. The molecule has 0 radical (unpaired) electrons. The summed E-state index contributed by atoms with van der Waals surface area (Å²) < 4.78 is 15.3. The molecule has 2 aromatic rings. The summed E-state index contributed by atoms with van der Waals surface area (Å²) in [6.07, 6.45) is 2.40. The Hall–Kier alpha value is -0.910. The van der Waals surface area contributed by atoms with Gasteiger partial charge in [0.2, 0.25) is 0 Å². The molecule has 1 aromatic heterocycles. The highest BCUT2D eigenvalue weighted by molar-refractivity contribution is 9.10. The van der Waals surface area contributed by atoms with Crippen molar-refractivity contribution in [3.63, 3.8) is 0 Å². The topological polar surface area (TPSA) is 15.3 Å². The maximum Gasteiger partial charge on any atom is 0.129 e. The minimum atomic E-state index is -0.112. The van der Waals surface area contributed by atoms with Gasteiger partial charge in [-0.2, -0.15) is 0 Å². The number of halogens is 2. The predicted molar refractivity (Wildman–Crippen MR) is 90.4 cm³/mol. The molecule has 0 unspecified atom stereocenters. The zero-order valence-corrected chi connectivity index (χ0v) is 14.1. The number of hydrogen-bond donors (Lipinski definition) is 1. The van der Waals surface area contributed by atoms with Crippen molar-refractivity contribution in [2.24, 2.45) is 0 Å². The number of thiophene rings is 1. The summed E-state index contributed by atoms with van der Waals surface area (Å²) in [5.74, 6) is -0.112. The van der Waals surface area contributed by atoms with Crippen molar-refractivity contribution in [1.29, 1.82) is 0 Å². The Morgan fingerprint density at radius 2 is 2.05 bits per heavy atom. The molecular weight excluding hydrogens is 351 g/mol. The lowest BCUT2D eigenvalue weighted by Crippen LogP contribution is -2.22. The Bertz CT molecular complexity index is 608. The van der Waals surface area contributed by atoms with E-state index in [1.54, 1.807) is 17.4 Å². The van der Waals surface area contributed by atoms with Crippen LogP contribution in [-0.2, 0) is 13.1 Å². The van der Waals surface area contributed by atoms with Gasteiger partial charge in [0.1, 0.15) is 5.82 Å². The van der Waals surface area contributed by atoms with Crippen molar-refractivity contribution < 1.29 is 4.39 Å². The molecule has 5 heteroatoms. The average Bonchev–Trinajstić information content (AvgIpc) is 3.12. The van der Waals surface area contributed by atoms with Gasteiger partial charge in [-0.25, -0.2) is 4.39 Å². The molecule has 2 heterocycles. The highest BCUT2D eigenvalue weighted by Crippen LogP contribution is 2.27. The fraction of sp³-hybridized carbons (Fsp3) is 0.375. The number of nitrogens with one attached hydrogen (secondary N) is 1. The van der Waals surface area contributed by atoms with E-state index in [1.807, 2.05) is 12.1 Å². The van der Waals surface area contributed by atoms with E-state index in [0.29, 0.717) is 6.54 Å². The number of rotatable bonds is 5. The largest absolute Gasteiger partial charge is 0.371 e. The van der Waals surface area contributed by atoms with Crippen molar-refractivity contribution in [2.45, 2.75) is 25.9 Å². The van der Waals surface area contributed by atoms with Gasteiger partial charge < -0.3 is 10.2 Å². The Labute approximate surface area is 137 Å². The molecular formula is C16H18BrFN2S. The minimum Gasteiger partial charge on any atom is -0.371 e. The fourth-order valence-corrected chi connectivity index (χ4v) is 4.15. The first-order valence-electron chi connectivity index (χ1n) is 7.20. The van der Waals surface area contributed by atoms with Crippen LogP contribution in [0.25, 0.3) is 0 Å². The van der Waals surface area contributed by atoms with Crippen LogP contribution in [0.5, 0.6) is 0 Å². The van der Waals surface area contributed by atoms with Gasteiger partial charge in [-0.3, -0.25) is 0 Å². The quantitative estimate of drug-likeness (QED) is 0.833. The molecule has 112 valence electrons. The van der Waals surface area contributed by atoms with Gasteiger partial charge in [-0.05, 0) is 47.0 Å². The van der Waals surface area contributed by atoms with E-state index < -0.39 is 0 Å². The van der Waals surface area contributed by atoms with Gasteiger partial charge in [0, 0.05) is 52.2 Å². The summed E-state index contributed by atoms with van der Waals surface area (Å²) in [7, 11) is 0. The second-order valence-electron chi connectivity index (χ2n) is 5.27. The molecule has 0 amide bonds. The lowest BCUT2D eigenvalue weighted by atomic mass is 10.1. The van der Waals surface area contributed by atoms with Crippen LogP contribution >= 0.6 is 27.3 Å². The molecule has 1 N–H and O–H groups in total. The zero-order valence-electron chi connectivity index (χ0n) is 11.7. The van der Waals surface area contributed by atoms with E-state index in [9.17, 15) is 4.39 Å². The van der Waals surface area contributed by atoms with Crippen LogP contribution in [-0.4, -0.2) is 13.1 Å². The molecule has 0 spiro atoms. The SMILES string of the molecule is Fc1cccc(N2CCCC2)c1CNCc1cc(Br)cs1. The maximum atomic E-state index is 14.2. The first-order chi connectivity index (χ1) is 10.2. The maximum absolute atomic E-state index is 14.2. The van der Waals surface area contributed by atoms with Gasteiger partial charge >= 0.3 is 0 Å². The third-order valence-electron chi connectivity index (χ3n) is 3.76. The van der Waals surface area contributed by atoms with Gasteiger partial charge in [0.05, 0.1) is 0 Å². The van der Waals surface area contributed by atoms with Crippen LogP contribution in [0.4, 0.5) is 10.1 Å². The fourth-order valence-electron chi connectivity index (χ4n) is 2.73. The molecule has 1 fully saturated rings. The Morgan fingerprint density at radius 3 is 2.76 bits per heavy atom. The highest BCUT2D eigenvalue weighted by atomic mass is 79.9. The van der Waals surface area contributed by atoms with E-state index >= 15 is 0 Å². The van der Waals surface area contributed by atoms with Crippen LogP contribution < -0.4 is 10.2 Å². The summed E-state index contributed by atoms with van der Waals surface area (Å²) in [6.45, 7) is 3.40. The summed E-state index contributed by atoms with van der Waals surface area (Å²) >= 11 is 5.16. The number of hydrogen-bond acceptors (Lipinski definition) is 3. The summed E-state index contributed by atoms with van der Waals surface area (Å²) in [4.78, 5) is 3.54. The van der Waals surface area contributed by atoms with Gasteiger partial charge in [0.25, 0.3) is 0 Å². The molecule has 0 bridgehead atoms. The third-order valence-corrected chi connectivity index (χ3v) is 5.46. The van der Waals surface area contributed by atoms with Crippen molar-refractivity contribution >= 4 is 33.0 Å². The van der Waals surface area contributed by atoms with Crippen molar-refractivity contribution in [1.82, 2.24) is 5.32 Å². The van der Waals surface area contributed by atoms with Gasteiger partial charge in [-0.1, -0.05) is 6.07 Å². The molecule has 1 aliphatic rings. The van der Waals surface area contributed by atoms with E-state index in [0.717, 1.165) is 35.4 Å². The zero-order chi connectivity index (χ0) is 14.7. The Kier molecular flexibility index (Phi) is 4.93. The van der Waals surface area contributed by atoms with Gasteiger partial charge in [0.15, 0.2) is 0 Å². The van der Waals surface area contributed by atoms with E-state index in [-0.39, 0.29) is 5.82 Å². The second kappa shape index (κ2) is 6.90. The standard InChI is InChI=1S/C16H18BrFN2S/c17-12-8-13(21-11-12)9-19-10-14-15(18)4-3-5-16(14)20-6-1-2-7-20/h3-5,8,11,19H,1-2,6-7,9-10H2. The van der Waals surface area contributed by atoms with E-state index in [1.165, 1.54) is 17.7 Å². The number of anilines is 1. The normalized spacial score (nSPS) is 14.9. The molecule has 21 heavy (non-hydrogen) atoms. The number of benzene rings is 1. The van der Waals surface area contributed by atoms with E-state index in [4.69, 9.17) is 0 Å². The van der Waals surface area contributed by atoms with Crippen LogP contribution in [0.1, 0.15) is 23.3 Å². The lowest BCUT2D eigenvalue weighted by Gasteiger charge is -2.22. The first-order valence-corrected chi connectivity index (χ1v) is 8.87. The number of nitrogens with zero attached hydrogens (tertiary/aromatic N) is 1.